The molecule has 0 amide bonds. The molecule has 0 aliphatic carbocycles. The van der Waals surface area contributed by atoms with Crippen LogP contribution in [0.25, 0.3) is 0 Å². The topological polar surface area (TPSA) is 68.3 Å². The summed E-state index contributed by atoms with van der Waals surface area (Å²) in [4.78, 5) is 0. The first kappa shape index (κ1) is 26.4. The third-order valence-electron chi connectivity index (χ3n) is 5.01. The van der Waals surface area contributed by atoms with Crippen LogP contribution in [-0.2, 0) is 19.7 Å². The smallest absolute Gasteiger partial charge is 0.296 e. The number of rotatable bonds is 10. The van der Waals surface area contributed by atoms with Crippen LogP contribution in [0.3, 0.4) is 0 Å². The number of alkyl halides is 6. The van der Waals surface area contributed by atoms with E-state index in [1.807, 2.05) is 0 Å². The summed E-state index contributed by atoms with van der Waals surface area (Å²) in [6, 6.07) is 0. The Hall–Kier alpha value is -0.560. The van der Waals surface area contributed by atoms with Crippen LogP contribution in [0.15, 0.2) is 0 Å². The van der Waals surface area contributed by atoms with Gasteiger partial charge in [-0.15, -0.1) is 0 Å². The Morgan fingerprint density at radius 3 is 1.33 bits per heavy atom. The van der Waals surface area contributed by atoms with Gasteiger partial charge in [-0.2, -0.15) is 26.3 Å². The van der Waals surface area contributed by atoms with E-state index in [9.17, 15) is 43.2 Å². The lowest BCUT2D eigenvalue weighted by molar-refractivity contribution is -0.927. The van der Waals surface area contributed by atoms with Crippen molar-refractivity contribution in [3.05, 3.63) is 0 Å². The fraction of sp³-hybridized carbons (Fsp3) is 1.00. The Kier molecular flexibility index (Phi) is 8.26. The summed E-state index contributed by atoms with van der Waals surface area (Å²) in [6.07, 6.45) is -0.623. The molecular weight excluding hydrogens is 424 g/mol. The van der Waals surface area contributed by atoms with Crippen LogP contribution in [0.2, 0.25) is 0 Å². The highest BCUT2D eigenvalue weighted by Gasteiger charge is 2.79. The second-order valence-electron chi connectivity index (χ2n) is 6.45. The Morgan fingerprint density at radius 1 is 0.704 bits per heavy atom. The minimum absolute atomic E-state index is 0.104. The summed E-state index contributed by atoms with van der Waals surface area (Å²) < 4.78 is 124. The zero-order valence-electron chi connectivity index (χ0n) is 15.6. The molecule has 0 bridgehead atoms. The molecule has 0 radical (unpaired) electrons. The maximum Gasteiger partial charge on any atom is 0.504 e. The van der Waals surface area contributed by atoms with Crippen LogP contribution in [0.4, 0.5) is 26.3 Å². The predicted octanol–water partition coefficient (Wildman–Crippen LogP) is 3.97. The summed E-state index contributed by atoms with van der Waals surface area (Å²) in [6.45, 7) is 2.92. The van der Waals surface area contributed by atoms with Crippen LogP contribution in [0.5, 0.6) is 0 Å². The first-order chi connectivity index (χ1) is 11.9. The minimum atomic E-state index is -6.75. The molecule has 27 heavy (non-hydrogen) atoms. The summed E-state index contributed by atoms with van der Waals surface area (Å²) in [7, 11) is -12.7. The van der Waals surface area contributed by atoms with E-state index < -0.39 is 65.3 Å². The highest BCUT2D eigenvalue weighted by atomic mass is 32.3. The van der Waals surface area contributed by atoms with Crippen molar-refractivity contribution in [2.24, 2.45) is 0 Å². The van der Waals surface area contributed by atoms with Crippen molar-refractivity contribution in [3.63, 3.8) is 0 Å². The van der Waals surface area contributed by atoms with Crippen molar-refractivity contribution in [1.82, 2.24) is 0 Å². The van der Waals surface area contributed by atoms with Crippen molar-refractivity contribution >= 4 is 19.7 Å². The van der Waals surface area contributed by atoms with E-state index in [2.05, 4.69) is 0 Å². The molecule has 0 fully saturated rings. The van der Waals surface area contributed by atoms with Gasteiger partial charge in [0, 0.05) is 6.42 Å². The molecule has 5 nitrogen and oxygen atoms in total. The van der Waals surface area contributed by atoms with Gasteiger partial charge in [-0.25, -0.2) is 16.8 Å². The Morgan fingerprint density at radius 2 is 1.07 bits per heavy atom. The second-order valence-corrected chi connectivity index (χ2v) is 11.0. The van der Waals surface area contributed by atoms with Crippen LogP contribution < -0.4 is 0 Å². The van der Waals surface area contributed by atoms with Gasteiger partial charge in [-0.1, -0.05) is 26.2 Å². The standard InChI is InChI=1S/C14H26F6NO4S2/c1-5-8-9-10-11-12(21(4,6-2)7-3,26(22,23)13(15,16)17)27(24,25)14(18,19)20/h5-11H2,1-4H3/q+1. The molecule has 0 atom stereocenters. The zero-order chi connectivity index (χ0) is 21.9. The van der Waals surface area contributed by atoms with Crippen molar-refractivity contribution in [2.75, 3.05) is 20.1 Å². The fourth-order valence-corrected chi connectivity index (χ4v) is 8.05. The van der Waals surface area contributed by atoms with E-state index in [4.69, 9.17) is 0 Å². The molecule has 0 rings (SSSR count). The van der Waals surface area contributed by atoms with E-state index in [1.54, 1.807) is 6.92 Å². The fourth-order valence-electron chi connectivity index (χ4n) is 3.11. The molecular formula is C14H26F6NO4S2+. The van der Waals surface area contributed by atoms with Gasteiger partial charge in [0.05, 0.1) is 20.1 Å². The average Bonchev–Trinajstić information content (AvgIpc) is 2.51. The third kappa shape index (κ3) is 4.24. The lowest BCUT2D eigenvalue weighted by Gasteiger charge is -2.48. The third-order valence-corrected chi connectivity index (χ3v) is 10.5. The number of hydrogen-bond acceptors (Lipinski definition) is 4. The number of quaternary nitrogens is 1. The number of sulfone groups is 2. The molecule has 0 heterocycles. The zero-order valence-corrected chi connectivity index (χ0v) is 17.2. The van der Waals surface area contributed by atoms with Crippen LogP contribution in [0.1, 0.15) is 52.9 Å². The SMILES string of the molecule is CCCCCCC([N+](C)(CC)CC)(S(=O)(=O)C(F)(F)F)S(=O)(=O)C(F)(F)F. The Bertz CT molecular complexity index is 650. The average molecular weight is 450 g/mol. The van der Waals surface area contributed by atoms with E-state index in [0.29, 0.717) is 12.8 Å². The van der Waals surface area contributed by atoms with Crippen LogP contribution >= 0.6 is 0 Å². The van der Waals surface area contributed by atoms with Gasteiger partial charge in [0.25, 0.3) is 0 Å². The first-order valence-corrected chi connectivity index (χ1v) is 11.4. The van der Waals surface area contributed by atoms with Crippen molar-refractivity contribution in [1.29, 1.82) is 0 Å². The Balaban J connectivity index is 7.18. The molecule has 0 aliphatic rings. The number of unbranched alkanes of at least 4 members (excludes halogenated alkanes) is 3. The van der Waals surface area contributed by atoms with Crippen LogP contribution in [0, 0.1) is 0 Å². The second kappa shape index (κ2) is 8.44. The van der Waals surface area contributed by atoms with E-state index in [1.165, 1.54) is 0 Å². The minimum Gasteiger partial charge on any atom is -0.296 e. The summed E-state index contributed by atoms with van der Waals surface area (Å²) >= 11 is 0. The molecule has 0 aliphatic heterocycles. The molecule has 164 valence electrons. The Labute approximate surface area is 156 Å². The normalized spacial score (nSPS) is 15.2. The highest BCUT2D eigenvalue weighted by Crippen LogP contribution is 2.50. The maximum atomic E-state index is 13.4. The molecule has 13 heteroatoms. The van der Waals surface area contributed by atoms with E-state index >= 15 is 0 Å². The molecule has 0 unspecified atom stereocenters. The van der Waals surface area contributed by atoms with Gasteiger partial charge in [0.15, 0.2) is 0 Å². The number of nitrogens with zero attached hydrogens (tertiary/aromatic N) is 1. The molecule has 0 N–H and O–H groups in total. The van der Waals surface area contributed by atoms with Crippen molar-refractivity contribution in [2.45, 2.75) is 68.1 Å². The summed E-state index contributed by atoms with van der Waals surface area (Å²) in [5.41, 5.74) is -12.3. The lowest BCUT2D eigenvalue weighted by Crippen LogP contribution is -2.73. The van der Waals surface area contributed by atoms with Crippen molar-refractivity contribution in [3.8, 4) is 0 Å². The van der Waals surface area contributed by atoms with E-state index in [0.717, 1.165) is 20.9 Å². The number of hydrogen-bond donors (Lipinski definition) is 0. The largest absolute Gasteiger partial charge is 0.504 e. The van der Waals surface area contributed by atoms with Crippen molar-refractivity contribution < 1.29 is 47.7 Å². The van der Waals surface area contributed by atoms with Gasteiger partial charge in [-0.3, -0.25) is 4.48 Å². The maximum absolute atomic E-state index is 13.4. The van der Waals surface area contributed by atoms with Gasteiger partial charge in [0.2, 0.25) is 0 Å². The highest BCUT2D eigenvalue weighted by molar-refractivity contribution is 8.10. The molecule has 0 aromatic heterocycles. The monoisotopic (exact) mass is 450 g/mol. The quantitative estimate of drug-likeness (QED) is 0.287. The molecule has 0 saturated carbocycles. The van der Waals surface area contributed by atoms with E-state index in [-0.39, 0.29) is 6.42 Å². The van der Waals surface area contributed by atoms with Crippen LogP contribution in [-0.4, -0.2) is 56.7 Å². The molecule has 0 spiro atoms. The summed E-state index contributed by atoms with van der Waals surface area (Å²) in [5.74, 6) is 0. The molecule has 0 aromatic carbocycles. The summed E-state index contributed by atoms with van der Waals surface area (Å²) in [5, 5.41) is 0. The van der Waals surface area contributed by atoms with Gasteiger partial charge >= 0.3 is 34.9 Å². The first-order valence-electron chi connectivity index (χ1n) is 8.40. The van der Waals surface area contributed by atoms with Gasteiger partial charge < -0.3 is 0 Å². The molecule has 0 saturated heterocycles. The van der Waals surface area contributed by atoms with Gasteiger partial charge in [0.1, 0.15) is 0 Å². The lowest BCUT2D eigenvalue weighted by atomic mass is 10.1. The predicted molar refractivity (Wildman–Crippen MR) is 88.7 cm³/mol. The molecule has 0 aromatic rings. The van der Waals surface area contributed by atoms with Gasteiger partial charge in [-0.05, 0) is 20.3 Å². The number of halogens is 6.